The van der Waals surface area contributed by atoms with Gasteiger partial charge in [0.2, 0.25) is 4.34 Å². The number of hydrogen-bond acceptors (Lipinski definition) is 7. The molecular weight excluding hydrogens is 328 g/mol. The number of hydrogen-bond donors (Lipinski definition) is 2. The predicted molar refractivity (Wildman–Crippen MR) is 68.7 cm³/mol. The second-order valence-corrected chi connectivity index (χ2v) is 7.78. The summed E-state index contributed by atoms with van der Waals surface area (Å²) in [5.41, 5.74) is -0.150. The van der Waals surface area contributed by atoms with Crippen LogP contribution in [0.4, 0.5) is 0 Å². The fourth-order valence-electron chi connectivity index (χ4n) is 1.63. The molecule has 0 aliphatic carbocycles. The Balaban J connectivity index is 2.99. The van der Waals surface area contributed by atoms with Gasteiger partial charge < -0.3 is 0 Å². The molecule has 1 heterocycles. The van der Waals surface area contributed by atoms with Crippen LogP contribution in [0.1, 0.15) is 11.1 Å². The van der Waals surface area contributed by atoms with E-state index in [1.54, 1.807) is 6.07 Å². The first-order chi connectivity index (χ1) is 9.05. The monoisotopic (exact) mass is 334 g/mol. The Labute approximate surface area is 117 Å². The lowest BCUT2D eigenvalue weighted by molar-refractivity contribution is 0.480. The van der Waals surface area contributed by atoms with Crippen LogP contribution >= 0.6 is 11.3 Å². The second kappa shape index (κ2) is 4.47. The number of aromatic nitrogens is 1. The number of thiazole rings is 1. The van der Waals surface area contributed by atoms with Gasteiger partial charge in [-0.05, 0) is 18.6 Å². The number of nitrogens with zero attached hydrogens (tertiary/aromatic N) is 2. The fourth-order valence-corrected chi connectivity index (χ4v) is 4.12. The Morgan fingerprint density at radius 3 is 2.30 bits per heavy atom. The number of rotatable bonds is 2. The minimum atomic E-state index is -4.64. The Kier molecular flexibility index (Phi) is 3.31. The van der Waals surface area contributed by atoms with E-state index in [1.165, 1.54) is 6.92 Å². The Hall–Kier alpha value is -1.58. The lowest BCUT2D eigenvalue weighted by Crippen LogP contribution is -2.03. The van der Waals surface area contributed by atoms with E-state index >= 15 is 0 Å². The summed E-state index contributed by atoms with van der Waals surface area (Å²) in [6.45, 7) is 1.36. The van der Waals surface area contributed by atoms with Crippen molar-refractivity contribution in [2.24, 2.45) is 0 Å². The third kappa shape index (κ3) is 2.39. The van der Waals surface area contributed by atoms with Crippen molar-refractivity contribution < 1.29 is 25.9 Å². The van der Waals surface area contributed by atoms with Gasteiger partial charge >= 0.3 is 10.1 Å². The van der Waals surface area contributed by atoms with Crippen LogP contribution in [0.5, 0.6) is 0 Å². The van der Waals surface area contributed by atoms with Gasteiger partial charge in [-0.3, -0.25) is 9.11 Å². The highest BCUT2D eigenvalue weighted by Crippen LogP contribution is 2.32. The van der Waals surface area contributed by atoms with Crippen LogP contribution < -0.4 is 0 Å². The van der Waals surface area contributed by atoms with Crippen molar-refractivity contribution in [3.63, 3.8) is 0 Å². The van der Waals surface area contributed by atoms with Gasteiger partial charge in [0, 0.05) is 0 Å². The topological polar surface area (TPSA) is 145 Å². The van der Waals surface area contributed by atoms with Crippen molar-refractivity contribution in [1.29, 1.82) is 5.26 Å². The molecule has 0 unspecified atom stereocenters. The zero-order chi connectivity index (χ0) is 15.3. The molecule has 0 spiro atoms. The largest absolute Gasteiger partial charge is 0.322 e. The third-order valence-electron chi connectivity index (χ3n) is 2.48. The maximum atomic E-state index is 11.2. The molecule has 2 rings (SSSR count). The minimum absolute atomic E-state index is 0.0755. The predicted octanol–water partition coefficient (Wildman–Crippen LogP) is 0.970. The van der Waals surface area contributed by atoms with Gasteiger partial charge in [-0.2, -0.15) is 22.1 Å². The highest BCUT2D eigenvalue weighted by Gasteiger charge is 2.24. The van der Waals surface area contributed by atoms with E-state index in [-0.39, 0.29) is 21.3 Å². The molecule has 0 radical (unpaired) electrons. The summed E-state index contributed by atoms with van der Waals surface area (Å²) in [4.78, 5) is 3.04. The molecule has 106 valence electrons. The summed E-state index contributed by atoms with van der Waals surface area (Å²) in [6, 6.07) is 2.57. The zero-order valence-electron chi connectivity index (χ0n) is 9.72. The quantitative estimate of drug-likeness (QED) is 0.772. The maximum Gasteiger partial charge on any atom is 0.322 e. The van der Waals surface area contributed by atoms with Gasteiger partial charge in [-0.25, -0.2) is 4.98 Å². The molecule has 0 atom stereocenters. The van der Waals surface area contributed by atoms with Crippen LogP contribution in [0.15, 0.2) is 15.3 Å². The summed E-state index contributed by atoms with van der Waals surface area (Å²) < 4.78 is 62.0. The molecule has 20 heavy (non-hydrogen) atoms. The third-order valence-corrected chi connectivity index (χ3v) is 5.57. The molecule has 8 nitrogen and oxygen atoms in total. The van der Waals surface area contributed by atoms with Gasteiger partial charge in [-0.1, -0.05) is 0 Å². The summed E-state index contributed by atoms with van der Waals surface area (Å²) in [7, 11) is -9.18. The van der Waals surface area contributed by atoms with Gasteiger partial charge in [0.25, 0.3) is 10.1 Å². The number of nitriles is 1. The van der Waals surface area contributed by atoms with Crippen molar-refractivity contribution in [2.45, 2.75) is 16.2 Å². The summed E-state index contributed by atoms with van der Waals surface area (Å²) in [6.07, 6.45) is 0. The Morgan fingerprint density at radius 2 is 1.85 bits per heavy atom. The standard InChI is InChI=1S/C9H6N2O6S3/c1-4-5(3-10)7(19(12,13)14)2-6-8(4)11-9(18-6)20(15,16)17/h2H,1H3,(H,12,13,14)(H,15,16,17). The Bertz CT molecular complexity index is 965. The molecule has 0 amide bonds. The lowest BCUT2D eigenvalue weighted by atomic mass is 10.1. The van der Waals surface area contributed by atoms with Gasteiger partial charge in [0.1, 0.15) is 11.0 Å². The number of aryl methyl sites for hydroxylation is 1. The van der Waals surface area contributed by atoms with Crippen molar-refractivity contribution in [3.05, 3.63) is 17.2 Å². The second-order valence-electron chi connectivity index (χ2n) is 3.76. The van der Waals surface area contributed by atoms with Crippen LogP contribution in [0.25, 0.3) is 10.2 Å². The van der Waals surface area contributed by atoms with E-state index < -0.39 is 29.5 Å². The molecule has 0 saturated carbocycles. The van der Waals surface area contributed by atoms with E-state index in [4.69, 9.17) is 14.4 Å². The first-order valence-electron chi connectivity index (χ1n) is 4.85. The molecule has 0 saturated heterocycles. The SMILES string of the molecule is Cc1c(C#N)c(S(=O)(=O)O)cc2sc(S(=O)(=O)O)nc12. The Morgan fingerprint density at radius 1 is 1.25 bits per heavy atom. The van der Waals surface area contributed by atoms with E-state index in [1.807, 2.05) is 0 Å². The molecule has 2 aromatic rings. The molecule has 0 aliphatic heterocycles. The molecule has 2 N–H and O–H groups in total. The lowest BCUT2D eigenvalue weighted by Gasteiger charge is -2.04. The number of fused-ring (bicyclic) bond motifs is 1. The minimum Gasteiger partial charge on any atom is -0.282 e. The molecule has 1 aromatic heterocycles. The van der Waals surface area contributed by atoms with Crippen molar-refractivity contribution in [2.75, 3.05) is 0 Å². The fraction of sp³-hybridized carbons (Fsp3) is 0.111. The van der Waals surface area contributed by atoms with E-state index in [2.05, 4.69) is 4.98 Å². The summed E-state index contributed by atoms with van der Waals surface area (Å²) in [5, 5.41) is 8.97. The summed E-state index contributed by atoms with van der Waals surface area (Å²) >= 11 is 0.534. The van der Waals surface area contributed by atoms with E-state index in [0.717, 1.165) is 6.07 Å². The molecule has 0 bridgehead atoms. The molecule has 1 aromatic carbocycles. The first-order valence-corrected chi connectivity index (χ1v) is 8.54. The molecule has 11 heteroatoms. The number of benzene rings is 1. The van der Waals surface area contributed by atoms with Crippen LogP contribution in [0.3, 0.4) is 0 Å². The normalized spacial score (nSPS) is 12.5. The average molecular weight is 334 g/mol. The van der Waals surface area contributed by atoms with Gasteiger partial charge in [-0.15, -0.1) is 11.3 Å². The smallest absolute Gasteiger partial charge is 0.282 e. The van der Waals surface area contributed by atoms with Crippen molar-refractivity contribution in [1.82, 2.24) is 4.98 Å². The van der Waals surface area contributed by atoms with Gasteiger partial charge in [0.15, 0.2) is 0 Å². The van der Waals surface area contributed by atoms with Crippen LogP contribution in [-0.4, -0.2) is 30.9 Å². The molecular formula is C9H6N2O6S3. The molecule has 0 aliphatic rings. The first kappa shape index (κ1) is 14.8. The van der Waals surface area contributed by atoms with Crippen LogP contribution in [-0.2, 0) is 20.2 Å². The zero-order valence-corrected chi connectivity index (χ0v) is 12.2. The van der Waals surface area contributed by atoms with E-state index in [9.17, 15) is 16.8 Å². The highest BCUT2D eigenvalue weighted by atomic mass is 32.3. The van der Waals surface area contributed by atoms with Crippen LogP contribution in [0.2, 0.25) is 0 Å². The highest BCUT2D eigenvalue weighted by molar-refractivity contribution is 7.88. The average Bonchev–Trinajstić information content (AvgIpc) is 2.71. The van der Waals surface area contributed by atoms with Crippen molar-refractivity contribution >= 4 is 41.8 Å². The van der Waals surface area contributed by atoms with Crippen LogP contribution in [0, 0.1) is 18.3 Å². The summed E-state index contributed by atoms with van der Waals surface area (Å²) in [5.74, 6) is 0. The van der Waals surface area contributed by atoms with Gasteiger partial charge in [0.05, 0.1) is 15.8 Å². The van der Waals surface area contributed by atoms with Crippen molar-refractivity contribution in [3.8, 4) is 6.07 Å². The van der Waals surface area contributed by atoms with E-state index in [0.29, 0.717) is 11.3 Å². The molecule has 0 fully saturated rings. The maximum absolute atomic E-state index is 11.2.